The standard InChI is InChI=1S/C28H19NOS/c1-18(19-8-3-2-4-9-19)29-24-12-7-11-22-23-16-21(14-15-25(23)30-28(22)24)27-17-20-10-5-6-13-26(20)31-27/h2-17,29H,1H2. The van der Waals surface area contributed by atoms with Gasteiger partial charge in [-0.05, 0) is 52.9 Å². The van der Waals surface area contributed by atoms with Crippen LogP contribution < -0.4 is 5.32 Å². The molecule has 0 saturated carbocycles. The Kier molecular flexibility index (Phi) is 4.15. The molecule has 148 valence electrons. The van der Waals surface area contributed by atoms with Crippen LogP contribution in [-0.2, 0) is 0 Å². The molecule has 4 aromatic carbocycles. The van der Waals surface area contributed by atoms with E-state index in [0.29, 0.717) is 0 Å². The van der Waals surface area contributed by atoms with Gasteiger partial charge in [0.25, 0.3) is 0 Å². The second-order valence-electron chi connectivity index (χ2n) is 7.61. The zero-order valence-corrected chi connectivity index (χ0v) is 17.6. The number of anilines is 1. The summed E-state index contributed by atoms with van der Waals surface area (Å²) in [7, 11) is 0. The lowest BCUT2D eigenvalue weighted by Gasteiger charge is -2.10. The molecule has 2 nitrogen and oxygen atoms in total. The molecule has 0 spiro atoms. The van der Waals surface area contributed by atoms with Gasteiger partial charge >= 0.3 is 0 Å². The second kappa shape index (κ2) is 7.15. The first-order chi connectivity index (χ1) is 15.3. The van der Waals surface area contributed by atoms with Crippen LogP contribution in [0, 0.1) is 0 Å². The van der Waals surface area contributed by atoms with Gasteiger partial charge < -0.3 is 9.73 Å². The molecule has 2 heterocycles. The molecule has 0 fully saturated rings. The summed E-state index contributed by atoms with van der Waals surface area (Å²) in [4.78, 5) is 1.27. The van der Waals surface area contributed by atoms with E-state index in [-0.39, 0.29) is 0 Å². The minimum atomic E-state index is 0.847. The molecule has 0 aliphatic rings. The van der Waals surface area contributed by atoms with Crippen molar-refractivity contribution in [3.05, 3.63) is 109 Å². The quantitative estimate of drug-likeness (QED) is 0.311. The van der Waals surface area contributed by atoms with Gasteiger partial charge in [-0.15, -0.1) is 11.3 Å². The van der Waals surface area contributed by atoms with Crippen LogP contribution in [0.25, 0.3) is 48.2 Å². The summed E-state index contributed by atoms with van der Waals surface area (Å²) in [6, 6.07) is 33.6. The molecule has 6 aromatic rings. The lowest BCUT2D eigenvalue weighted by atomic mass is 10.1. The molecule has 0 amide bonds. The van der Waals surface area contributed by atoms with Gasteiger partial charge in [-0.2, -0.15) is 0 Å². The topological polar surface area (TPSA) is 25.2 Å². The number of hydrogen-bond donors (Lipinski definition) is 1. The number of nitrogens with one attached hydrogen (secondary N) is 1. The number of rotatable bonds is 4. The Morgan fingerprint density at radius 3 is 2.48 bits per heavy atom. The van der Waals surface area contributed by atoms with Crippen LogP contribution in [0.4, 0.5) is 5.69 Å². The normalized spacial score (nSPS) is 11.4. The molecule has 0 unspecified atom stereocenters. The Morgan fingerprint density at radius 2 is 1.61 bits per heavy atom. The molecular weight excluding hydrogens is 398 g/mol. The smallest absolute Gasteiger partial charge is 0.158 e. The highest BCUT2D eigenvalue weighted by Crippen LogP contribution is 2.39. The average Bonchev–Trinajstić information content (AvgIpc) is 3.41. The number of fused-ring (bicyclic) bond motifs is 4. The second-order valence-corrected chi connectivity index (χ2v) is 8.70. The van der Waals surface area contributed by atoms with Crippen molar-refractivity contribution in [3.63, 3.8) is 0 Å². The van der Waals surface area contributed by atoms with E-state index >= 15 is 0 Å². The molecule has 0 aliphatic heterocycles. The van der Waals surface area contributed by atoms with Gasteiger partial charge in [-0.1, -0.05) is 67.2 Å². The Balaban J connectivity index is 1.44. The van der Waals surface area contributed by atoms with Crippen LogP contribution in [0.2, 0.25) is 0 Å². The van der Waals surface area contributed by atoms with E-state index in [0.717, 1.165) is 38.9 Å². The van der Waals surface area contributed by atoms with E-state index in [1.54, 1.807) is 0 Å². The third-order valence-corrected chi connectivity index (χ3v) is 6.78. The first-order valence-electron chi connectivity index (χ1n) is 10.2. The molecule has 0 aliphatic carbocycles. The van der Waals surface area contributed by atoms with Crippen LogP contribution >= 0.6 is 11.3 Å². The fraction of sp³-hybridized carbons (Fsp3) is 0. The fourth-order valence-corrected chi connectivity index (χ4v) is 5.11. The lowest BCUT2D eigenvalue weighted by Crippen LogP contribution is -1.97. The highest BCUT2D eigenvalue weighted by Gasteiger charge is 2.13. The maximum absolute atomic E-state index is 6.27. The molecule has 0 saturated heterocycles. The number of furan rings is 1. The summed E-state index contributed by atoms with van der Waals surface area (Å²) in [5.74, 6) is 0. The van der Waals surface area contributed by atoms with Gasteiger partial charge in [-0.3, -0.25) is 0 Å². The van der Waals surface area contributed by atoms with Crippen molar-refractivity contribution in [2.24, 2.45) is 0 Å². The van der Waals surface area contributed by atoms with Gasteiger partial charge in [-0.25, -0.2) is 0 Å². The molecular formula is C28H19NOS. The number of benzene rings is 4. The molecule has 0 atom stereocenters. The van der Waals surface area contributed by atoms with Crippen molar-refractivity contribution in [3.8, 4) is 10.4 Å². The van der Waals surface area contributed by atoms with Gasteiger partial charge in [0.05, 0.1) is 5.69 Å². The summed E-state index contributed by atoms with van der Waals surface area (Å²) in [6.45, 7) is 4.20. The summed E-state index contributed by atoms with van der Waals surface area (Å²) in [5, 5.41) is 6.95. The third kappa shape index (κ3) is 3.11. The highest BCUT2D eigenvalue weighted by molar-refractivity contribution is 7.22. The predicted octanol–water partition coefficient (Wildman–Crippen LogP) is 8.55. The van der Waals surface area contributed by atoms with Crippen LogP contribution in [0.15, 0.2) is 108 Å². The highest BCUT2D eigenvalue weighted by atomic mass is 32.1. The zero-order chi connectivity index (χ0) is 20.8. The van der Waals surface area contributed by atoms with Crippen molar-refractivity contribution < 1.29 is 4.42 Å². The predicted molar refractivity (Wildman–Crippen MR) is 134 cm³/mol. The first-order valence-corrected chi connectivity index (χ1v) is 11.0. The number of thiophene rings is 1. The molecule has 31 heavy (non-hydrogen) atoms. The fourth-order valence-electron chi connectivity index (χ4n) is 4.05. The number of hydrogen-bond acceptors (Lipinski definition) is 3. The van der Waals surface area contributed by atoms with Gasteiger partial charge in [0.2, 0.25) is 0 Å². The molecule has 0 radical (unpaired) electrons. The zero-order valence-electron chi connectivity index (χ0n) is 16.8. The van der Waals surface area contributed by atoms with Crippen LogP contribution in [0.5, 0.6) is 0 Å². The largest absolute Gasteiger partial charge is 0.454 e. The van der Waals surface area contributed by atoms with Crippen molar-refractivity contribution in [2.75, 3.05) is 5.32 Å². The van der Waals surface area contributed by atoms with Gasteiger partial charge in [0.15, 0.2) is 5.58 Å². The van der Waals surface area contributed by atoms with E-state index in [1.165, 1.54) is 20.5 Å². The lowest BCUT2D eigenvalue weighted by molar-refractivity contribution is 0.670. The Labute approximate surface area is 184 Å². The maximum Gasteiger partial charge on any atom is 0.158 e. The van der Waals surface area contributed by atoms with E-state index in [1.807, 2.05) is 47.7 Å². The van der Waals surface area contributed by atoms with Crippen molar-refractivity contribution in [1.82, 2.24) is 0 Å². The van der Waals surface area contributed by atoms with E-state index < -0.39 is 0 Å². The minimum absolute atomic E-state index is 0.847. The van der Waals surface area contributed by atoms with Crippen molar-refractivity contribution in [1.29, 1.82) is 0 Å². The first kappa shape index (κ1) is 18.0. The van der Waals surface area contributed by atoms with Crippen molar-refractivity contribution in [2.45, 2.75) is 0 Å². The van der Waals surface area contributed by atoms with E-state index in [4.69, 9.17) is 4.42 Å². The van der Waals surface area contributed by atoms with Gasteiger partial charge in [0, 0.05) is 26.0 Å². The summed E-state index contributed by atoms with van der Waals surface area (Å²) in [6.07, 6.45) is 0. The van der Waals surface area contributed by atoms with E-state index in [9.17, 15) is 0 Å². The van der Waals surface area contributed by atoms with Crippen LogP contribution in [0.1, 0.15) is 5.56 Å². The monoisotopic (exact) mass is 417 g/mol. The summed E-state index contributed by atoms with van der Waals surface area (Å²) in [5.41, 5.74) is 5.78. The summed E-state index contributed by atoms with van der Waals surface area (Å²) < 4.78 is 7.58. The minimum Gasteiger partial charge on any atom is -0.454 e. The Morgan fingerprint density at radius 1 is 0.774 bits per heavy atom. The molecule has 2 aromatic heterocycles. The van der Waals surface area contributed by atoms with Crippen LogP contribution in [-0.4, -0.2) is 0 Å². The van der Waals surface area contributed by atoms with Gasteiger partial charge in [0.1, 0.15) is 5.58 Å². The molecule has 3 heteroatoms. The third-order valence-electron chi connectivity index (χ3n) is 5.61. The molecule has 6 rings (SSSR count). The Bertz CT molecular complexity index is 1540. The maximum atomic E-state index is 6.27. The summed E-state index contributed by atoms with van der Waals surface area (Å²) >= 11 is 1.82. The molecule has 0 bridgehead atoms. The van der Waals surface area contributed by atoms with E-state index in [2.05, 4.69) is 72.6 Å². The number of para-hydroxylation sites is 1. The Hall–Kier alpha value is -3.82. The van der Waals surface area contributed by atoms with Crippen molar-refractivity contribution >= 4 is 54.7 Å². The molecule has 1 N–H and O–H groups in total. The van der Waals surface area contributed by atoms with Crippen LogP contribution in [0.3, 0.4) is 0 Å². The average molecular weight is 418 g/mol. The SMILES string of the molecule is C=C(Nc1cccc2c1oc1ccc(-c3cc4ccccc4s3)cc12)c1ccccc1.